The molecule has 1 aliphatic heterocycles. The third kappa shape index (κ3) is 7.25. The lowest BCUT2D eigenvalue weighted by atomic mass is 9.89. The normalized spacial score (nSPS) is 18.2. The fraction of sp³-hybridized carbons (Fsp3) is 0.607. The quantitative estimate of drug-likeness (QED) is 0.396. The molecule has 1 aromatic heterocycles. The van der Waals surface area contributed by atoms with Crippen LogP contribution in [-0.4, -0.2) is 43.7 Å². The molecule has 2 aromatic rings. The number of aromatic nitrogens is 1. The van der Waals surface area contributed by atoms with Crippen molar-refractivity contribution in [2.45, 2.75) is 94.9 Å². The molecule has 0 unspecified atom stereocenters. The van der Waals surface area contributed by atoms with Crippen molar-refractivity contribution in [1.29, 1.82) is 0 Å². The third-order valence-corrected chi connectivity index (χ3v) is 9.12. The Kier molecular flexibility index (Phi) is 9.01. The smallest absolute Gasteiger partial charge is 0.381 e. The van der Waals surface area contributed by atoms with Crippen molar-refractivity contribution in [3.8, 4) is 11.3 Å². The lowest BCUT2D eigenvalue weighted by Gasteiger charge is -2.24. The molecule has 0 radical (unpaired) electrons. The van der Waals surface area contributed by atoms with Gasteiger partial charge in [0.1, 0.15) is 0 Å². The van der Waals surface area contributed by atoms with Gasteiger partial charge >= 0.3 is 6.18 Å². The molecule has 2 heterocycles. The van der Waals surface area contributed by atoms with Crippen molar-refractivity contribution in [1.82, 2.24) is 14.6 Å². The first-order valence-electron chi connectivity index (χ1n) is 13.7. The summed E-state index contributed by atoms with van der Waals surface area (Å²) in [6.45, 7) is 5.74. The van der Waals surface area contributed by atoms with Crippen molar-refractivity contribution >= 4 is 15.9 Å². The summed E-state index contributed by atoms with van der Waals surface area (Å²) in [5.41, 5.74) is -2.55. The topological polar surface area (TPSA) is 89.4 Å². The minimum Gasteiger partial charge on any atom is -0.381 e. The maximum Gasteiger partial charge on any atom is 0.417 e. The Morgan fingerprint density at radius 2 is 1.68 bits per heavy atom. The van der Waals surface area contributed by atoms with Gasteiger partial charge in [0.15, 0.2) is 0 Å². The van der Waals surface area contributed by atoms with E-state index in [2.05, 4.69) is 10.0 Å². The number of carbonyl (C=O) groups excluding carboxylic acids is 1. The zero-order valence-corrected chi connectivity index (χ0v) is 23.9. The molecule has 1 aromatic carbocycles. The Morgan fingerprint density at radius 1 is 1.02 bits per heavy atom. The molecule has 2 fully saturated rings. The minimum atomic E-state index is -5.00. The van der Waals surface area contributed by atoms with Crippen LogP contribution in [-0.2, 0) is 27.5 Å². The molecular formula is C28H37F4N3O4S. The highest BCUT2D eigenvalue weighted by Crippen LogP contribution is 2.39. The summed E-state index contributed by atoms with van der Waals surface area (Å²) < 4.78 is 93.1. The zero-order valence-electron chi connectivity index (χ0n) is 23.0. The van der Waals surface area contributed by atoms with Crippen molar-refractivity contribution in [3.63, 3.8) is 0 Å². The van der Waals surface area contributed by atoms with E-state index in [4.69, 9.17) is 4.74 Å². The van der Waals surface area contributed by atoms with Crippen molar-refractivity contribution in [2.75, 3.05) is 13.2 Å². The van der Waals surface area contributed by atoms with Gasteiger partial charge in [-0.1, -0.05) is 25.3 Å². The van der Waals surface area contributed by atoms with Crippen LogP contribution in [0.3, 0.4) is 0 Å². The van der Waals surface area contributed by atoms with Crippen LogP contribution in [0.5, 0.6) is 0 Å². The van der Waals surface area contributed by atoms with Gasteiger partial charge in [0.05, 0.1) is 21.7 Å². The molecule has 4 rings (SSSR count). The number of nitrogens with zero attached hydrogens (tertiary/aromatic N) is 1. The molecule has 0 bridgehead atoms. The second-order valence-electron chi connectivity index (χ2n) is 11.8. The predicted octanol–water partition coefficient (Wildman–Crippen LogP) is 5.88. The highest BCUT2D eigenvalue weighted by atomic mass is 32.2. The number of benzene rings is 1. The van der Waals surface area contributed by atoms with E-state index in [9.17, 15) is 26.4 Å². The van der Waals surface area contributed by atoms with Crippen LogP contribution >= 0.6 is 0 Å². The molecule has 40 heavy (non-hydrogen) atoms. The van der Waals surface area contributed by atoms with E-state index in [-0.39, 0.29) is 35.3 Å². The van der Waals surface area contributed by atoms with Gasteiger partial charge in [-0.25, -0.2) is 13.1 Å². The van der Waals surface area contributed by atoms with E-state index in [0.29, 0.717) is 26.1 Å². The van der Waals surface area contributed by atoms with Gasteiger partial charge in [-0.3, -0.25) is 4.79 Å². The second-order valence-corrected chi connectivity index (χ2v) is 13.4. The molecule has 222 valence electrons. The molecule has 1 saturated carbocycles. The van der Waals surface area contributed by atoms with Gasteiger partial charge in [0.2, 0.25) is 16.0 Å². The van der Waals surface area contributed by atoms with Crippen LogP contribution in [0, 0.1) is 11.9 Å². The Balaban J connectivity index is 1.79. The number of hydrogen-bond acceptors (Lipinski definition) is 4. The summed E-state index contributed by atoms with van der Waals surface area (Å²) in [5, 5.41) is 2.82. The van der Waals surface area contributed by atoms with Gasteiger partial charge < -0.3 is 14.6 Å². The third-order valence-electron chi connectivity index (χ3n) is 7.31. The number of ether oxygens (including phenoxy) is 1. The number of halogens is 4. The molecule has 0 atom stereocenters. The van der Waals surface area contributed by atoms with Gasteiger partial charge in [0.25, 0.3) is 5.91 Å². The Morgan fingerprint density at radius 3 is 2.27 bits per heavy atom. The van der Waals surface area contributed by atoms with E-state index in [1.54, 1.807) is 0 Å². The number of nitrogens with one attached hydrogen (secondary N) is 2. The van der Waals surface area contributed by atoms with Crippen LogP contribution in [0.25, 0.3) is 11.3 Å². The molecule has 2 N–H and O–H groups in total. The van der Waals surface area contributed by atoms with Crippen LogP contribution in [0.2, 0.25) is 0 Å². The van der Waals surface area contributed by atoms with Crippen LogP contribution < -0.4 is 10.0 Å². The standard InChI is InChI=1S/C28H37F4N3O4S/c1-27(2,3)34-40(37,38)24-10-9-19(15-22(24)28(30,31)32)23-16-21(26(36)33-20-11-13-39-14-12-20)25(29)35(23)17-18-7-5-4-6-8-18/h9-10,15-16,18,20,34H,4-8,11-14,17H2,1-3H3,(H,33,36). The number of hydrogen-bond donors (Lipinski definition) is 2. The van der Waals surface area contributed by atoms with E-state index >= 15 is 4.39 Å². The SMILES string of the molecule is CC(C)(C)NS(=O)(=O)c1ccc(-c2cc(C(=O)NC3CCOCC3)c(F)n2CC2CCCCC2)cc1C(F)(F)F. The van der Waals surface area contributed by atoms with Gasteiger partial charge in [-0.2, -0.15) is 17.6 Å². The summed E-state index contributed by atoms with van der Waals surface area (Å²) in [7, 11) is -4.52. The van der Waals surface area contributed by atoms with Crippen molar-refractivity contribution < 1.29 is 35.5 Å². The van der Waals surface area contributed by atoms with Crippen LogP contribution in [0.4, 0.5) is 17.6 Å². The monoisotopic (exact) mass is 587 g/mol. The first kappa shape index (κ1) is 30.5. The fourth-order valence-corrected chi connectivity index (χ4v) is 7.07. The number of alkyl halides is 3. The summed E-state index contributed by atoms with van der Waals surface area (Å²) in [4.78, 5) is 12.2. The van der Waals surface area contributed by atoms with Gasteiger partial charge in [-0.15, -0.1) is 0 Å². The lowest BCUT2D eigenvalue weighted by Crippen LogP contribution is -2.41. The summed E-state index contributed by atoms with van der Waals surface area (Å²) in [6, 6.07) is 3.93. The first-order chi connectivity index (χ1) is 18.7. The number of rotatable bonds is 7. The zero-order chi connectivity index (χ0) is 29.3. The van der Waals surface area contributed by atoms with Gasteiger partial charge in [0, 0.05) is 31.3 Å². The van der Waals surface area contributed by atoms with E-state index < -0.39 is 44.1 Å². The molecule has 1 aliphatic carbocycles. The highest BCUT2D eigenvalue weighted by Gasteiger charge is 2.39. The maximum atomic E-state index is 15.9. The van der Waals surface area contributed by atoms with Gasteiger partial charge in [-0.05, 0) is 76.1 Å². The van der Waals surface area contributed by atoms with E-state index in [1.807, 2.05) is 0 Å². The Hall–Kier alpha value is -2.44. The molecule has 0 spiro atoms. The van der Waals surface area contributed by atoms with Crippen molar-refractivity contribution in [3.05, 3.63) is 41.3 Å². The summed E-state index contributed by atoms with van der Waals surface area (Å²) >= 11 is 0. The Bertz CT molecular complexity index is 1320. The first-order valence-corrected chi connectivity index (χ1v) is 15.2. The summed E-state index contributed by atoms with van der Waals surface area (Å²) in [6.07, 6.45) is 0.891. The average Bonchev–Trinajstić information content (AvgIpc) is 3.19. The van der Waals surface area contributed by atoms with E-state index in [0.717, 1.165) is 44.2 Å². The molecule has 2 aliphatic rings. The highest BCUT2D eigenvalue weighted by molar-refractivity contribution is 7.89. The maximum absolute atomic E-state index is 15.9. The second kappa shape index (κ2) is 11.8. The fourth-order valence-electron chi connectivity index (χ4n) is 5.44. The number of sulfonamides is 1. The molecule has 1 saturated heterocycles. The molecule has 12 heteroatoms. The van der Waals surface area contributed by atoms with Crippen molar-refractivity contribution in [2.24, 2.45) is 5.92 Å². The predicted molar refractivity (Wildman–Crippen MR) is 143 cm³/mol. The Labute approximate surface area is 232 Å². The minimum absolute atomic E-state index is 0.0261. The molecule has 7 nitrogen and oxygen atoms in total. The lowest BCUT2D eigenvalue weighted by molar-refractivity contribution is -0.139. The van der Waals surface area contributed by atoms with E-state index in [1.165, 1.54) is 37.5 Å². The average molecular weight is 588 g/mol. The number of carbonyl (C=O) groups is 1. The van der Waals surface area contributed by atoms with Crippen LogP contribution in [0.1, 0.15) is 81.6 Å². The summed E-state index contributed by atoms with van der Waals surface area (Å²) in [5.74, 6) is -1.35. The number of amides is 1. The molecular weight excluding hydrogens is 550 g/mol. The largest absolute Gasteiger partial charge is 0.417 e. The molecule has 1 amide bonds. The van der Waals surface area contributed by atoms with Crippen LogP contribution in [0.15, 0.2) is 29.2 Å².